The highest BCUT2D eigenvalue weighted by Gasteiger charge is 2.42. The topological polar surface area (TPSA) is 82.5 Å². The Morgan fingerprint density at radius 2 is 1.85 bits per heavy atom. The molecule has 1 aromatic carbocycles. The molecule has 10 heteroatoms. The maximum absolute atomic E-state index is 15.0. The summed E-state index contributed by atoms with van der Waals surface area (Å²) in [5.74, 6) is 0.847. The number of halogens is 1. The van der Waals surface area contributed by atoms with Crippen molar-refractivity contribution in [3.8, 4) is 11.3 Å². The molecule has 3 saturated heterocycles. The van der Waals surface area contributed by atoms with Crippen LogP contribution in [-0.4, -0.2) is 83.4 Å². The highest BCUT2D eigenvalue weighted by molar-refractivity contribution is 5.64. The van der Waals surface area contributed by atoms with Crippen LogP contribution in [0.2, 0.25) is 0 Å². The monoisotopic (exact) mass is 462 g/mol. The molecule has 2 aromatic heterocycles. The van der Waals surface area contributed by atoms with Crippen LogP contribution in [-0.2, 0) is 4.74 Å². The lowest BCUT2D eigenvalue weighted by Gasteiger charge is -2.33. The molecule has 5 heterocycles. The van der Waals surface area contributed by atoms with Crippen molar-refractivity contribution < 1.29 is 9.13 Å². The van der Waals surface area contributed by atoms with Crippen LogP contribution in [0.5, 0.6) is 0 Å². The van der Waals surface area contributed by atoms with Gasteiger partial charge in [-0.2, -0.15) is 0 Å². The number of ether oxygens (including phenoxy) is 1. The van der Waals surface area contributed by atoms with Crippen LogP contribution in [0, 0.1) is 5.82 Å². The van der Waals surface area contributed by atoms with Gasteiger partial charge in [0.05, 0.1) is 24.6 Å². The number of hydrogen-bond donors (Lipinski definition) is 1. The van der Waals surface area contributed by atoms with Gasteiger partial charge >= 0.3 is 0 Å². The zero-order valence-electron chi connectivity index (χ0n) is 19.1. The first kappa shape index (κ1) is 21.2. The normalized spacial score (nSPS) is 22.4. The van der Waals surface area contributed by atoms with Gasteiger partial charge in [-0.05, 0) is 37.7 Å². The van der Waals surface area contributed by atoms with E-state index in [1.165, 1.54) is 6.07 Å². The van der Waals surface area contributed by atoms with Crippen molar-refractivity contribution >= 4 is 23.3 Å². The second kappa shape index (κ2) is 8.77. The van der Waals surface area contributed by atoms with Crippen molar-refractivity contribution in [1.82, 2.24) is 24.8 Å². The molecule has 3 fully saturated rings. The zero-order chi connectivity index (χ0) is 23.1. The lowest BCUT2D eigenvalue weighted by molar-refractivity contribution is 0.122. The quantitative estimate of drug-likeness (QED) is 0.615. The highest BCUT2D eigenvalue weighted by atomic mass is 19.1. The lowest BCUT2D eigenvalue weighted by Crippen LogP contribution is -2.44. The molecule has 34 heavy (non-hydrogen) atoms. The minimum absolute atomic E-state index is 0.233. The van der Waals surface area contributed by atoms with Gasteiger partial charge in [-0.1, -0.05) is 0 Å². The summed E-state index contributed by atoms with van der Waals surface area (Å²) >= 11 is 0. The van der Waals surface area contributed by atoms with E-state index in [2.05, 4.69) is 47.0 Å². The Bertz CT molecular complexity index is 1170. The molecule has 0 radical (unpaired) electrons. The van der Waals surface area contributed by atoms with Gasteiger partial charge in [-0.3, -0.25) is 4.90 Å². The summed E-state index contributed by atoms with van der Waals surface area (Å²) in [6.45, 7) is 4.80. The van der Waals surface area contributed by atoms with Crippen molar-refractivity contribution in [2.45, 2.75) is 18.5 Å². The van der Waals surface area contributed by atoms with Crippen LogP contribution in [0.1, 0.15) is 6.42 Å². The van der Waals surface area contributed by atoms with Crippen molar-refractivity contribution in [3.05, 3.63) is 48.7 Å². The summed E-state index contributed by atoms with van der Waals surface area (Å²) in [7, 11) is 2.14. The number of nitrogens with one attached hydrogen (secondary N) is 1. The fourth-order valence-corrected chi connectivity index (χ4v) is 5.07. The first-order chi connectivity index (χ1) is 16.6. The average Bonchev–Trinajstić information content (AvgIpc) is 3.45. The van der Waals surface area contributed by atoms with Crippen molar-refractivity contribution in [1.29, 1.82) is 0 Å². The molecule has 1 N–H and O–H groups in total. The number of nitrogens with zero attached hydrogens (tertiary/aromatic N) is 7. The summed E-state index contributed by atoms with van der Waals surface area (Å²) in [6.07, 6.45) is 6.30. The van der Waals surface area contributed by atoms with Crippen LogP contribution >= 0.6 is 0 Å². The van der Waals surface area contributed by atoms with Crippen molar-refractivity contribution in [2.75, 3.05) is 61.6 Å². The van der Waals surface area contributed by atoms with Crippen LogP contribution in [0.4, 0.5) is 27.7 Å². The SMILES string of the molecule is CN1C[C@@H]2C[C@H]1CN2c1ccc(Nc2nccc(-c3cnc(N4CCOCC4)nc3)n2)cc1F. The van der Waals surface area contributed by atoms with Crippen LogP contribution in [0.25, 0.3) is 11.3 Å². The maximum atomic E-state index is 15.0. The average molecular weight is 463 g/mol. The molecule has 0 amide bonds. The molecule has 0 spiro atoms. The molecule has 0 saturated carbocycles. The second-order valence-corrected chi connectivity index (χ2v) is 9.06. The minimum atomic E-state index is -0.233. The standard InChI is InChI=1S/C24H27FN8O/c1-31-14-19-11-18(31)15-33(19)22-3-2-17(10-20(22)25)29-23-26-5-4-21(30-23)16-12-27-24(28-13-16)32-6-8-34-9-7-32/h2-5,10,12-13,18-19H,6-9,11,14-15H2,1H3,(H,26,29,30)/t18-,19-/m0/s1. The summed E-state index contributed by atoms with van der Waals surface area (Å²) in [4.78, 5) is 24.5. The van der Waals surface area contributed by atoms with Gasteiger partial charge in [-0.15, -0.1) is 0 Å². The van der Waals surface area contributed by atoms with Gasteiger partial charge in [0.15, 0.2) is 0 Å². The van der Waals surface area contributed by atoms with Gasteiger partial charge in [0.2, 0.25) is 11.9 Å². The highest BCUT2D eigenvalue weighted by Crippen LogP contribution is 2.35. The van der Waals surface area contributed by atoms with E-state index in [0.717, 1.165) is 38.2 Å². The third-order valence-electron chi connectivity index (χ3n) is 6.91. The predicted molar refractivity (Wildman–Crippen MR) is 128 cm³/mol. The summed E-state index contributed by atoms with van der Waals surface area (Å²) in [5.41, 5.74) is 2.76. The number of piperazine rings is 1. The summed E-state index contributed by atoms with van der Waals surface area (Å²) < 4.78 is 20.4. The zero-order valence-corrected chi connectivity index (χ0v) is 19.1. The van der Waals surface area contributed by atoms with Crippen LogP contribution in [0.3, 0.4) is 0 Å². The number of rotatable bonds is 5. The first-order valence-corrected chi connectivity index (χ1v) is 11.7. The third kappa shape index (κ3) is 4.03. The van der Waals surface area contributed by atoms with E-state index in [1.807, 2.05) is 12.1 Å². The van der Waals surface area contributed by atoms with Gasteiger partial charge < -0.3 is 19.9 Å². The fraction of sp³-hybridized carbons (Fsp3) is 0.417. The Morgan fingerprint density at radius 3 is 2.56 bits per heavy atom. The van der Waals surface area contributed by atoms with E-state index < -0.39 is 0 Å². The van der Waals surface area contributed by atoms with E-state index in [4.69, 9.17) is 4.74 Å². The molecule has 0 unspecified atom stereocenters. The molecule has 2 atom stereocenters. The number of morpholine rings is 1. The second-order valence-electron chi connectivity index (χ2n) is 9.06. The molecule has 176 valence electrons. The maximum Gasteiger partial charge on any atom is 0.227 e. The molecular weight excluding hydrogens is 435 g/mol. The van der Waals surface area contributed by atoms with E-state index in [1.54, 1.807) is 24.7 Å². The first-order valence-electron chi connectivity index (χ1n) is 11.7. The number of likely N-dealkylation sites (N-methyl/N-ethyl adjacent to an activating group) is 1. The van der Waals surface area contributed by atoms with Gasteiger partial charge in [0, 0.05) is 68.1 Å². The molecular formula is C24H27FN8O. The Kier molecular flexibility index (Phi) is 5.46. The largest absolute Gasteiger partial charge is 0.378 e. The van der Waals surface area contributed by atoms with Gasteiger partial charge in [-0.25, -0.2) is 24.3 Å². The third-order valence-corrected chi connectivity index (χ3v) is 6.91. The van der Waals surface area contributed by atoms with Crippen LogP contribution in [0.15, 0.2) is 42.9 Å². The molecule has 6 rings (SSSR count). The molecule has 0 aliphatic carbocycles. The Balaban J connectivity index is 1.16. The number of anilines is 4. The number of hydrogen-bond acceptors (Lipinski definition) is 9. The minimum Gasteiger partial charge on any atom is -0.378 e. The fourth-order valence-electron chi connectivity index (χ4n) is 5.07. The molecule has 3 aliphatic rings. The van der Waals surface area contributed by atoms with E-state index in [-0.39, 0.29) is 5.82 Å². The summed E-state index contributed by atoms with van der Waals surface area (Å²) in [5, 5.41) is 3.12. The van der Waals surface area contributed by atoms with Gasteiger partial charge in [0.25, 0.3) is 0 Å². The van der Waals surface area contributed by atoms with E-state index >= 15 is 0 Å². The Morgan fingerprint density at radius 1 is 1.03 bits per heavy atom. The summed E-state index contributed by atoms with van der Waals surface area (Å²) in [6, 6.07) is 7.96. The van der Waals surface area contributed by atoms with Crippen LogP contribution < -0.4 is 15.1 Å². The molecule has 3 aliphatic heterocycles. The number of likely N-dealkylation sites (tertiary alicyclic amines) is 1. The Hall–Kier alpha value is -3.37. The molecule has 3 aromatic rings. The Labute approximate surface area is 197 Å². The van der Waals surface area contributed by atoms with Gasteiger partial charge in [0.1, 0.15) is 5.82 Å². The van der Waals surface area contributed by atoms with Crippen molar-refractivity contribution in [2.24, 2.45) is 0 Å². The van der Waals surface area contributed by atoms with E-state index in [0.29, 0.717) is 54.3 Å². The number of fused-ring (bicyclic) bond motifs is 2. The van der Waals surface area contributed by atoms with E-state index in [9.17, 15) is 4.39 Å². The number of aromatic nitrogens is 4. The van der Waals surface area contributed by atoms with Crippen molar-refractivity contribution in [3.63, 3.8) is 0 Å². The molecule has 2 bridgehead atoms. The molecule has 9 nitrogen and oxygen atoms in total. The predicted octanol–water partition coefficient (Wildman–Crippen LogP) is 2.55. The lowest BCUT2D eigenvalue weighted by atomic mass is 10.2. The smallest absolute Gasteiger partial charge is 0.227 e. The number of benzene rings is 1.